The van der Waals surface area contributed by atoms with Gasteiger partial charge in [-0.15, -0.1) is 0 Å². The van der Waals surface area contributed by atoms with Crippen molar-refractivity contribution in [2.24, 2.45) is 0 Å². The standard InChI is InChI=1S/C30H42O20/c1-42-15-6-11(2-4-12(15)31)3-5-18(34)43-10-17-26(50-28-22(38)19(35)13(32)7-45-28)24(40)30(48-17)49-25-14(33)8-46-29(23(25)39)47-16-9-44-27(41)21(37)20(16)36/h2-6,13-14,16-17,19-33,35-41H,7-10H2,1H3/t13-,14-,16-,17+,19+,20+,21-,22-,23-,24-,25+,26+,27-,28+,29+,30+/m1/s1. The molecule has 4 aliphatic rings. The maximum Gasteiger partial charge on any atom is 0.330 e. The molecule has 282 valence electrons. The van der Waals surface area contributed by atoms with E-state index < -0.39 is 124 Å². The lowest BCUT2D eigenvalue weighted by Gasteiger charge is -2.42. The molecule has 0 radical (unpaired) electrons. The van der Waals surface area contributed by atoms with Gasteiger partial charge in [0.15, 0.2) is 36.7 Å². The number of benzene rings is 1. The van der Waals surface area contributed by atoms with Gasteiger partial charge in [-0.2, -0.15) is 0 Å². The molecule has 20 nitrogen and oxygen atoms in total. The van der Waals surface area contributed by atoms with Gasteiger partial charge >= 0.3 is 5.97 Å². The molecule has 0 bridgehead atoms. The first-order valence-electron chi connectivity index (χ1n) is 15.6. The second kappa shape index (κ2) is 16.8. The fourth-order valence-electron chi connectivity index (χ4n) is 5.63. The number of aromatic hydroxyl groups is 1. The van der Waals surface area contributed by atoms with Crippen LogP contribution in [0.25, 0.3) is 6.08 Å². The van der Waals surface area contributed by atoms with Crippen LogP contribution in [0.5, 0.6) is 11.5 Å². The lowest BCUT2D eigenvalue weighted by atomic mass is 10.0. The molecule has 0 aliphatic carbocycles. The van der Waals surface area contributed by atoms with Gasteiger partial charge in [0.25, 0.3) is 0 Å². The van der Waals surface area contributed by atoms with E-state index in [4.69, 9.17) is 42.6 Å². The minimum atomic E-state index is -1.79. The number of ether oxygens (including phenoxy) is 9. The van der Waals surface area contributed by atoms with Crippen molar-refractivity contribution in [1.82, 2.24) is 0 Å². The van der Waals surface area contributed by atoms with Crippen LogP contribution in [0.2, 0.25) is 0 Å². The molecule has 1 aromatic carbocycles. The molecule has 4 fully saturated rings. The van der Waals surface area contributed by atoms with Crippen LogP contribution < -0.4 is 4.74 Å². The normalized spacial score (nSPS) is 42.4. The Bertz CT molecular complexity index is 1300. The Morgan fingerprint density at radius 2 is 1.42 bits per heavy atom. The molecule has 16 atom stereocenters. The van der Waals surface area contributed by atoms with Crippen LogP contribution in [0.1, 0.15) is 5.56 Å². The fourth-order valence-corrected chi connectivity index (χ4v) is 5.63. The van der Waals surface area contributed by atoms with Gasteiger partial charge in [0.2, 0.25) is 0 Å². The number of phenols is 1. The Morgan fingerprint density at radius 1 is 0.760 bits per heavy atom. The third kappa shape index (κ3) is 8.70. The molecule has 1 aromatic rings. The van der Waals surface area contributed by atoms with Crippen molar-refractivity contribution >= 4 is 12.0 Å². The molecule has 4 heterocycles. The largest absolute Gasteiger partial charge is 0.504 e. The second-order valence-corrected chi connectivity index (χ2v) is 12.0. The van der Waals surface area contributed by atoms with E-state index in [0.717, 1.165) is 6.08 Å². The molecule has 0 spiro atoms. The molecule has 0 amide bonds. The van der Waals surface area contributed by atoms with Gasteiger partial charge in [0, 0.05) is 6.08 Å². The third-order valence-electron chi connectivity index (χ3n) is 8.52. The van der Waals surface area contributed by atoms with E-state index in [2.05, 4.69) is 0 Å². The number of carbonyl (C=O) groups excluding carboxylic acids is 1. The van der Waals surface area contributed by atoms with Gasteiger partial charge < -0.3 is 93.7 Å². The molecule has 20 heteroatoms. The van der Waals surface area contributed by atoms with Crippen molar-refractivity contribution in [2.75, 3.05) is 33.5 Å². The van der Waals surface area contributed by atoms with E-state index in [1.54, 1.807) is 0 Å². The summed E-state index contributed by atoms with van der Waals surface area (Å²) >= 11 is 0. The summed E-state index contributed by atoms with van der Waals surface area (Å²) in [4.78, 5) is 12.6. The van der Waals surface area contributed by atoms with Crippen molar-refractivity contribution in [3.8, 4) is 11.5 Å². The Morgan fingerprint density at radius 3 is 2.14 bits per heavy atom. The van der Waals surface area contributed by atoms with Gasteiger partial charge in [-0.25, -0.2) is 4.79 Å². The predicted molar refractivity (Wildman–Crippen MR) is 157 cm³/mol. The number of esters is 1. The summed E-state index contributed by atoms with van der Waals surface area (Å²) in [5, 5.41) is 103. The van der Waals surface area contributed by atoms with Crippen LogP contribution in [0.15, 0.2) is 24.3 Å². The molecule has 10 N–H and O–H groups in total. The minimum Gasteiger partial charge on any atom is -0.504 e. The first-order valence-corrected chi connectivity index (χ1v) is 15.6. The summed E-state index contributed by atoms with van der Waals surface area (Å²) in [7, 11) is 1.36. The first-order chi connectivity index (χ1) is 23.8. The SMILES string of the molecule is COc1cc(C=CC(=O)OC[C@@H]2O[C@@H](O[C@@H]3[C@@H](O)[C@H](O[C@@H]4CO[C@@H](O)[C@H](O)[C@H]4O)OC[C@H]3O)[C@H](O)[C@H]2O[C@@H]2OC[C@@H](O)[C@H](O)[C@H]2O)ccc1O. The van der Waals surface area contributed by atoms with Gasteiger partial charge in [0.05, 0.1) is 26.9 Å². The first kappa shape index (κ1) is 38.6. The van der Waals surface area contributed by atoms with E-state index in [0.29, 0.717) is 5.56 Å². The second-order valence-electron chi connectivity index (χ2n) is 12.0. The van der Waals surface area contributed by atoms with Crippen molar-refractivity contribution in [1.29, 1.82) is 0 Å². The Hall–Kier alpha value is -2.61. The summed E-state index contributed by atoms with van der Waals surface area (Å²) in [6, 6.07) is 4.34. The van der Waals surface area contributed by atoms with Crippen LogP contribution in [0, 0.1) is 0 Å². The zero-order valence-electron chi connectivity index (χ0n) is 26.5. The van der Waals surface area contributed by atoms with Gasteiger partial charge in [0.1, 0.15) is 79.9 Å². The van der Waals surface area contributed by atoms with Gasteiger partial charge in [-0.05, 0) is 23.8 Å². The number of aliphatic hydroxyl groups excluding tert-OH is 9. The number of hydrogen-bond acceptors (Lipinski definition) is 20. The number of aliphatic hydroxyl groups is 9. The van der Waals surface area contributed by atoms with Crippen LogP contribution in [0.3, 0.4) is 0 Å². The Labute approximate surface area is 284 Å². The number of hydrogen-bond donors (Lipinski definition) is 10. The molecular formula is C30H42O20. The average molecular weight is 723 g/mol. The van der Waals surface area contributed by atoms with Crippen molar-refractivity contribution in [3.05, 3.63) is 29.8 Å². The maximum atomic E-state index is 12.6. The summed E-state index contributed by atoms with van der Waals surface area (Å²) in [5.74, 6) is -0.808. The van der Waals surface area contributed by atoms with Crippen LogP contribution >= 0.6 is 0 Å². The number of phenolic OH excluding ortho intramolecular Hbond substituents is 1. The zero-order chi connectivity index (χ0) is 36.3. The molecule has 4 saturated heterocycles. The summed E-state index contributed by atoms with van der Waals surface area (Å²) in [5.41, 5.74) is 0.484. The summed E-state index contributed by atoms with van der Waals surface area (Å²) in [6.45, 7) is -1.86. The number of carbonyl (C=O) groups is 1. The highest BCUT2D eigenvalue weighted by atomic mass is 16.8. The van der Waals surface area contributed by atoms with Crippen molar-refractivity contribution in [3.63, 3.8) is 0 Å². The van der Waals surface area contributed by atoms with E-state index >= 15 is 0 Å². The Kier molecular flexibility index (Phi) is 13.0. The lowest BCUT2D eigenvalue weighted by Crippen LogP contribution is -2.60. The molecule has 5 rings (SSSR count). The van der Waals surface area contributed by atoms with Crippen LogP contribution in [0.4, 0.5) is 0 Å². The van der Waals surface area contributed by atoms with E-state index in [1.165, 1.54) is 31.4 Å². The third-order valence-corrected chi connectivity index (χ3v) is 8.52. The van der Waals surface area contributed by atoms with Gasteiger partial charge in [-0.3, -0.25) is 0 Å². The number of rotatable bonds is 11. The molecule has 0 aromatic heterocycles. The monoisotopic (exact) mass is 722 g/mol. The smallest absolute Gasteiger partial charge is 0.330 e. The van der Waals surface area contributed by atoms with Crippen molar-refractivity contribution < 1.29 is 98.5 Å². The van der Waals surface area contributed by atoms with Gasteiger partial charge in [-0.1, -0.05) is 6.07 Å². The quantitative estimate of drug-likeness (QED) is 0.0754. The highest BCUT2D eigenvalue weighted by molar-refractivity contribution is 5.87. The predicted octanol–water partition coefficient (Wildman–Crippen LogP) is -5.21. The summed E-state index contributed by atoms with van der Waals surface area (Å²) in [6.07, 6.45) is -23.0. The maximum absolute atomic E-state index is 12.6. The number of methoxy groups -OCH3 is 1. The minimum absolute atomic E-state index is 0.108. The highest BCUT2D eigenvalue weighted by Gasteiger charge is 2.53. The van der Waals surface area contributed by atoms with Crippen LogP contribution in [-0.4, -0.2) is 189 Å². The molecule has 50 heavy (non-hydrogen) atoms. The molecule has 0 saturated carbocycles. The Balaban J connectivity index is 1.26. The molecule has 0 unspecified atom stereocenters. The molecular weight excluding hydrogens is 680 g/mol. The van der Waals surface area contributed by atoms with E-state index in [1.807, 2.05) is 0 Å². The topological polar surface area (TPSA) is 302 Å². The van der Waals surface area contributed by atoms with E-state index in [-0.39, 0.29) is 18.1 Å². The lowest BCUT2D eigenvalue weighted by molar-refractivity contribution is -0.339. The zero-order valence-corrected chi connectivity index (χ0v) is 26.5. The molecule has 4 aliphatic heterocycles. The van der Waals surface area contributed by atoms with E-state index in [9.17, 15) is 55.9 Å². The average Bonchev–Trinajstić information content (AvgIpc) is 3.39. The van der Waals surface area contributed by atoms with Crippen LogP contribution in [-0.2, 0) is 42.7 Å². The fraction of sp³-hybridized carbons (Fsp3) is 0.700. The summed E-state index contributed by atoms with van der Waals surface area (Å²) < 4.78 is 48.7. The van der Waals surface area contributed by atoms with Crippen molar-refractivity contribution in [2.45, 2.75) is 98.4 Å². The highest BCUT2D eigenvalue weighted by Crippen LogP contribution is 2.33.